The van der Waals surface area contributed by atoms with Crippen molar-refractivity contribution in [2.24, 2.45) is 5.92 Å². The summed E-state index contributed by atoms with van der Waals surface area (Å²) in [5.74, 6) is -2.80. The van der Waals surface area contributed by atoms with Crippen molar-refractivity contribution in [3.63, 3.8) is 0 Å². The quantitative estimate of drug-likeness (QED) is 0.442. The largest absolute Gasteiger partial charge is 0.508 e. The van der Waals surface area contributed by atoms with Gasteiger partial charge in [0.2, 0.25) is 5.72 Å². The fraction of sp³-hybridized carbons (Fsp3) is 0.263. The Kier molecular flexibility index (Phi) is 5.42. The molecular weight excluding hydrogens is 409 g/mol. The fourth-order valence-corrected chi connectivity index (χ4v) is 3.55. The molecule has 3 atom stereocenters. The van der Waals surface area contributed by atoms with Gasteiger partial charge in [-0.1, -0.05) is 12.1 Å². The third kappa shape index (κ3) is 3.85. The summed E-state index contributed by atoms with van der Waals surface area (Å²) in [7, 11) is 1.41. The van der Waals surface area contributed by atoms with Gasteiger partial charge in [0.15, 0.2) is 10.9 Å². The summed E-state index contributed by atoms with van der Waals surface area (Å²) in [4.78, 5) is 13.2. The first-order valence-electron chi connectivity index (χ1n) is 8.42. The molecule has 0 aromatic heterocycles. The summed E-state index contributed by atoms with van der Waals surface area (Å²) >= 11 is 4.85. The fourth-order valence-electron chi connectivity index (χ4n) is 3.27. The summed E-state index contributed by atoms with van der Waals surface area (Å²) in [5, 5.41) is 24.3. The van der Waals surface area contributed by atoms with Crippen LogP contribution in [0.3, 0.4) is 0 Å². The predicted molar refractivity (Wildman–Crippen MR) is 102 cm³/mol. The lowest BCUT2D eigenvalue weighted by Gasteiger charge is -2.46. The molecule has 0 amide bonds. The van der Waals surface area contributed by atoms with Crippen LogP contribution in [0.15, 0.2) is 48.5 Å². The number of ether oxygens (including phenoxy) is 1. The van der Waals surface area contributed by atoms with Gasteiger partial charge in [0.05, 0.1) is 13.2 Å². The van der Waals surface area contributed by atoms with Gasteiger partial charge >= 0.3 is 6.18 Å². The first-order chi connectivity index (χ1) is 13.6. The second-order valence-corrected chi connectivity index (χ2v) is 6.91. The van der Waals surface area contributed by atoms with E-state index < -0.39 is 34.8 Å². The van der Waals surface area contributed by atoms with E-state index in [-0.39, 0.29) is 16.9 Å². The van der Waals surface area contributed by atoms with Gasteiger partial charge in [-0.15, -0.1) is 0 Å². The number of halogens is 3. The van der Waals surface area contributed by atoms with Crippen LogP contribution in [0, 0.1) is 5.92 Å². The number of carbonyl (C=O) groups excluding carboxylic acids is 1. The van der Waals surface area contributed by atoms with Gasteiger partial charge in [-0.3, -0.25) is 4.79 Å². The monoisotopic (exact) mass is 426 g/mol. The Morgan fingerprint density at radius 3 is 2.41 bits per heavy atom. The van der Waals surface area contributed by atoms with Gasteiger partial charge < -0.3 is 25.6 Å². The van der Waals surface area contributed by atoms with Crippen LogP contribution in [0.2, 0.25) is 0 Å². The highest BCUT2D eigenvalue weighted by molar-refractivity contribution is 7.80. The van der Waals surface area contributed by atoms with E-state index in [9.17, 15) is 28.2 Å². The number of ketones is 1. The zero-order valence-electron chi connectivity index (χ0n) is 15.0. The average Bonchev–Trinajstić information content (AvgIpc) is 2.66. The maximum absolute atomic E-state index is 13.9. The number of nitrogens with one attached hydrogen (secondary N) is 2. The topological polar surface area (TPSA) is 90.8 Å². The Balaban J connectivity index is 2.14. The van der Waals surface area contributed by atoms with Crippen molar-refractivity contribution in [1.82, 2.24) is 10.6 Å². The van der Waals surface area contributed by atoms with Crippen molar-refractivity contribution in [2.75, 3.05) is 7.11 Å². The smallest absolute Gasteiger partial charge is 0.437 e. The third-order valence-electron chi connectivity index (χ3n) is 4.69. The normalized spacial score (nSPS) is 24.4. The second-order valence-electron chi connectivity index (χ2n) is 6.51. The first-order valence-corrected chi connectivity index (χ1v) is 8.82. The van der Waals surface area contributed by atoms with Gasteiger partial charge in [-0.25, -0.2) is 0 Å². The maximum Gasteiger partial charge on any atom is 0.437 e. The van der Waals surface area contributed by atoms with E-state index in [1.54, 1.807) is 0 Å². The number of thiocarbonyl (C=S) groups is 1. The maximum atomic E-state index is 13.9. The number of methoxy groups -OCH3 is 1. The van der Waals surface area contributed by atoms with Gasteiger partial charge in [-0.2, -0.15) is 13.2 Å². The first kappa shape index (κ1) is 20.9. The highest BCUT2D eigenvalue weighted by Crippen LogP contribution is 2.44. The molecule has 0 saturated carbocycles. The Labute approximate surface area is 169 Å². The summed E-state index contributed by atoms with van der Waals surface area (Å²) in [5.41, 5.74) is -3.52. The molecule has 4 N–H and O–H groups in total. The van der Waals surface area contributed by atoms with E-state index in [0.29, 0.717) is 5.75 Å². The van der Waals surface area contributed by atoms with Gasteiger partial charge in [0.1, 0.15) is 17.4 Å². The Hall–Kier alpha value is -2.85. The lowest BCUT2D eigenvalue weighted by Crippen LogP contribution is -2.72. The molecule has 29 heavy (non-hydrogen) atoms. The predicted octanol–water partition coefficient (Wildman–Crippen LogP) is 2.67. The zero-order valence-corrected chi connectivity index (χ0v) is 15.8. The number of hydrogen-bond donors (Lipinski definition) is 4. The number of carbonyl (C=O) groups is 1. The molecule has 3 rings (SSSR count). The Bertz CT molecular complexity index is 936. The van der Waals surface area contributed by atoms with Crippen molar-refractivity contribution in [2.45, 2.75) is 17.9 Å². The van der Waals surface area contributed by atoms with Crippen molar-refractivity contribution >= 4 is 23.1 Å². The molecule has 2 aromatic carbocycles. The molecule has 10 heteroatoms. The van der Waals surface area contributed by atoms with E-state index >= 15 is 0 Å². The van der Waals surface area contributed by atoms with E-state index in [0.717, 1.165) is 0 Å². The molecule has 2 aromatic rings. The number of aromatic hydroxyl groups is 1. The number of benzene rings is 2. The summed E-state index contributed by atoms with van der Waals surface area (Å²) in [6.07, 6.45) is -5.22. The molecule has 1 aliphatic heterocycles. The van der Waals surface area contributed by atoms with Crippen LogP contribution in [0.25, 0.3) is 0 Å². The van der Waals surface area contributed by atoms with E-state index in [2.05, 4.69) is 5.32 Å². The molecule has 1 heterocycles. The van der Waals surface area contributed by atoms with Crippen LogP contribution in [-0.4, -0.2) is 40.1 Å². The Morgan fingerprint density at radius 1 is 1.21 bits per heavy atom. The van der Waals surface area contributed by atoms with Gasteiger partial charge in [0.25, 0.3) is 0 Å². The van der Waals surface area contributed by atoms with Gasteiger partial charge in [0, 0.05) is 5.56 Å². The van der Waals surface area contributed by atoms with E-state index in [1.165, 1.54) is 55.6 Å². The van der Waals surface area contributed by atoms with E-state index in [1.807, 2.05) is 5.32 Å². The molecule has 0 spiro atoms. The molecular formula is C19H17F3N2O4S. The van der Waals surface area contributed by atoms with Crippen molar-refractivity contribution < 1.29 is 32.9 Å². The SMILES string of the molecule is COc1ccc(C(=O)C2C(c3cccc(O)c3)NC(=S)NC2(O)C(F)(F)F)cc1. The highest BCUT2D eigenvalue weighted by atomic mass is 32.1. The minimum atomic E-state index is -5.22. The minimum absolute atomic E-state index is 0.0555. The number of phenolic OH excluding ortho intramolecular Hbond substituents is 1. The lowest BCUT2D eigenvalue weighted by atomic mass is 9.77. The average molecular weight is 426 g/mol. The highest BCUT2D eigenvalue weighted by Gasteiger charge is 2.65. The third-order valence-corrected chi connectivity index (χ3v) is 4.91. The molecule has 1 saturated heterocycles. The minimum Gasteiger partial charge on any atom is -0.508 e. The van der Waals surface area contributed by atoms with Crippen LogP contribution < -0.4 is 15.4 Å². The lowest BCUT2D eigenvalue weighted by molar-refractivity contribution is -0.285. The molecule has 1 fully saturated rings. The molecule has 0 radical (unpaired) electrons. The summed E-state index contributed by atoms with van der Waals surface area (Å²) < 4.78 is 46.7. The zero-order chi connectivity index (χ0) is 21.4. The number of phenols is 1. The van der Waals surface area contributed by atoms with Crippen LogP contribution in [0.1, 0.15) is 22.0 Å². The number of rotatable bonds is 4. The number of alkyl halides is 3. The second kappa shape index (κ2) is 7.53. The van der Waals surface area contributed by atoms with Crippen LogP contribution in [0.4, 0.5) is 13.2 Å². The molecule has 3 unspecified atom stereocenters. The van der Waals surface area contributed by atoms with Crippen molar-refractivity contribution in [1.29, 1.82) is 0 Å². The van der Waals surface area contributed by atoms with Crippen LogP contribution in [0.5, 0.6) is 11.5 Å². The molecule has 0 bridgehead atoms. The van der Waals surface area contributed by atoms with Crippen molar-refractivity contribution in [3.8, 4) is 11.5 Å². The Morgan fingerprint density at radius 2 is 1.86 bits per heavy atom. The number of Topliss-reactive ketones (excluding diaryl/α,β-unsaturated/α-hetero) is 1. The number of aliphatic hydroxyl groups is 1. The van der Waals surface area contributed by atoms with Crippen LogP contribution >= 0.6 is 12.2 Å². The molecule has 154 valence electrons. The standard InChI is InChI=1S/C19H17F3N2O4S/c1-28-13-7-5-10(6-8-13)16(26)14-15(11-3-2-4-12(25)9-11)23-17(29)24-18(14,27)19(20,21)22/h2-9,14-15,25,27H,1H3,(H2,23,24,29). The molecule has 1 aliphatic rings. The summed E-state index contributed by atoms with van der Waals surface area (Å²) in [6, 6.07) is 9.51. The van der Waals surface area contributed by atoms with Gasteiger partial charge in [-0.05, 0) is 54.2 Å². The molecule has 6 nitrogen and oxygen atoms in total. The van der Waals surface area contributed by atoms with Crippen molar-refractivity contribution in [3.05, 3.63) is 59.7 Å². The molecule has 0 aliphatic carbocycles. The number of hydrogen-bond acceptors (Lipinski definition) is 5. The van der Waals surface area contributed by atoms with Crippen LogP contribution in [-0.2, 0) is 0 Å². The summed E-state index contributed by atoms with van der Waals surface area (Å²) in [6.45, 7) is 0. The van der Waals surface area contributed by atoms with E-state index in [4.69, 9.17) is 17.0 Å².